The average Bonchev–Trinajstić information content (AvgIpc) is 3.10. The predicted molar refractivity (Wildman–Crippen MR) is 111 cm³/mol. The molecule has 0 fully saturated rings. The molecule has 0 N–H and O–H groups in total. The molecule has 1 heterocycles. The molecule has 0 aliphatic carbocycles. The lowest BCUT2D eigenvalue weighted by atomic mass is 10.1. The summed E-state index contributed by atoms with van der Waals surface area (Å²) in [5, 5.41) is 0. The largest absolute Gasteiger partial charge is 0.486 e. The van der Waals surface area contributed by atoms with Crippen LogP contribution in [0, 0.1) is 0 Å². The number of carbonyl (C=O) groups excluding carboxylic acids is 1. The number of fused-ring (bicyclic) bond motifs is 1. The zero-order valence-corrected chi connectivity index (χ0v) is 15.8. The Morgan fingerprint density at radius 3 is 2.39 bits per heavy atom. The zero-order chi connectivity index (χ0) is 19.3. The molecule has 0 aliphatic heterocycles. The maximum Gasteiger partial charge on any atom is 0.182 e. The zero-order valence-electron chi connectivity index (χ0n) is 15.8. The number of hydrogen-bond acceptors (Lipinski definition) is 3. The third-order valence-corrected chi connectivity index (χ3v) is 4.83. The van der Waals surface area contributed by atoms with Gasteiger partial charge in [-0.2, -0.15) is 0 Å². The SMILES string of the molecule is CCc1ccc(OCc2nc3ccccc3n2CC(=O)c2ccccc2)cc1. The second-order valence-corrected chi connectivity index (χ2v) is 6.68. The van der Waals surface area contributed by atoms with Gasteiger partial charge in [0, 0.05) is 5.56 Å². The van der Waals surface area contributed by atoms with Crippen molar-refractivity contribution >= 4 is 16.8 Å². The van der Waals surface area contributed by atoms with E-state index in [1.54, 1.807) is 0 Å². The van der Waals surface area contributed by atoms with Gasteiger partial charge in [-0.25, -0.2) is 4.98 Å². The Labute approximate surface area is 164 Å². The van der Waals surface area contributed by atoms with Gasteiger partial charge in [-0.3, -0.25) is 4.79 Å². The number of Topliss-reactive ketones (excluding diaryl/α,β-unsaturated/α-hetero) is 1. The summed E-state index contributed by atoms with van der Waals surface area (Å²) >= 11 is 0. The molecule has 4 rings (SSSR count). The minimum absolute atomic E-state index is 0.0531. The van der Waals surface area contributed by atoms with Crippen molar-refractivity contribution in [2.24, 2.45) is 0 Å². The number of hydrogen-bond donors (Lipinski definition) is 0. The molecule has 4 nitrogen and oxygen atoms in total. The first-order valence-electron chi connectivity index (χ1n) is 9.48. The number of benzene rings is 3. The normalized spacial score (nSPS) is 10.9. The molecule has 0 spiro atoms. The quantitative estimate of drug-likeness (QED) is 0.427. The van der Waals surface area contributed by atoms with Crippen molar-refractivity contribution < 1.29 is 9.53 Å². The Morgan fingerprint density at radius 2 is 1.64 bits per heavy atom. The predicted octanol–water partition coefficient (Wildman–Crippen LogP) is 5.06. The summed E-state index contributed by atoms with van der Waals surface area (Å²) in [6.07, 6.45) is 0.998. The van der Waals surface area contributed by atoms with Crippen molar-refractivity contribution in [1.82, 2.24) is 9.55 Å². The molecule has 0 saturated heterocycles. The highest BCUT2D eigenvalue weighted by Gasteiger charge is 2.15. The maximum absolute atomic E-state index is 12.8. The number of ketones is 1. The molecule has 28 heavy (non-hydrogen) atoms. The second-order valence-electron chi connectivity index (χ2n) is 6.68. The number of rotatable bonds is 7. The smallest absolute Gasteiger partial charge is 0.182 e. The van der Waals surface area contributed by atoms with E-state index in [-0.39, 0.29) is 12.3 Å². The van der Waals surface area contributed by atoms with Crippen molar-refractivity contribution in [1.29, 1.82) is 0 Å². The molecule has 1 aromatic heterocycles. The van der Waals surface area contributed by atoms with Crippen LogP contribution < -0.4 is 4.74 Å². The third-order valence-electron chi connectivity index (χ3n) is 4.83. The lowest BCUT2D eigenvalue weighted by molar-refractivity contribution is 0.0971. The summed E-state index contributed by atoms with van der Waals surface area (Å²) < 4.78 is 7.90. The summed E-state index contributed by atoms with van der Waals surface area (Å²) in [5.74, 6) is 1.59. The molecular formula is C24H22N2O2. The van der Waals surface area contributed by atoms with Crippen LogP contribution in [0.5, 0.6) is 5.75 Å². The van der Waals surface area contributed by atoms with Crippen LogP contribution in [0.4, 0.5) is 0 Å². The second kappa shape index (κ2) is 8.09. The van der Waals surface area contributed by atoms with Crippen LogP contribution in [0.1, 0.15) is 28.7 Å². The van der Waals surface area contributed by atoms with Gasteiger partial charge < -0.3 is 9.30 Å². The molecule has 3 aromatic carbocycles. The van der Waals surface area contributed by atoms with Crippen LogP contribution in [0.25, 0.3) is 11.0 Å². The first-order chi connectivity index (χ1) is 13.7. The third kappa shape index (κ3) is 3.81. The lowest BCUT2D eigenvalue weighted by Crippen LogP contribution is -2.14. The van der Waals surface area contributed by atoms with Gasteiger partial charge in [-0.15, -0.1) is 0 Å². The molecule has 0 aliphatic rings. The van der Waals surface area contributed by atoms with Crippen LogP contribution in [0.2, 0.25) is 0 Å². The molecule has 0 unspecified atom stereocenters. The Kier molecular flexibility index (Phi) is 5.20. The molecule has 4 aromatic rings. The standard InChI is InChI=1S/C24H22N2O2/c1-2-18-12-14-20(15-13-18)28-17-24-25-21-10-6-7-11-22(21)26(24)16-23(27)19-8-4-3-5-9-19/h3-15H,2,16-17H2,1H3. The topological polar surface area (TPSA) is 44.1 Å². The van der Waals surface area contributed by atoms with Gasteiger partial charge in [-0.05, 0) is 36.2 Å². The van der Waals surface area contributed by atoms with Gasteiger partial charge >= 0.3 is 0 Å². The van der Waals surface area contributed by atoms with Crippen LogP contribution in [0.15, 0.2) is 78.9 Å². The molecular weight excluding hydrogens is 348 g/mol. The van der Waals surface area contributed by atoms with E-state index in [1.165, 1.54) is 5.56 Å². The van der Waals surface area contributed by atoms with Crippen molar-refractivity contribution in [2.75, 3.05) is 0 Å². The highest BCUT2D eigenvalue weighted by atomic mass is 16.5. The fourth-order valence-corrected chi connectivity index (χ4v) is 3.24. The molecule has 0 atom stereocenters. The summed E-state index contributed by atoms with van der Waals surface area (Å²) in [7, 11) is 0. The Balaban J connectivity index is 1.60. The van der Waals surface area contributed by atoms with E-state index < -0.39 is 0 Å². The average molecular weight is 370 g/mol. The number of aryl methyl sites for hydroxylation is 1. The summed E-state index contributed by atoms with van der Waals surface area (Å²) in [4.78, 5) is 17.5. The monoisotopic (exact) mass is 370 g/mol. The number of nitrogens with zero attached hydrogens (tertiary/aromatic N) is 2. The minimum atomic E-state index is 0.0531. The Bertz CT molecular complexity index is 1080. The highest BCUT2D eigenvalue weighted by molar-refractivity contribution is 5.96. The van der Waals surface area contributed by atoms with Gasteiger partial charge in [0.25, 0.3) is 0 Å². The van der Waals surface area contributed by atoms with E-state index in [1.807, 2.05) is 71.3 Å². The summed E-state index contributed by atoms with van der Waals surface area (Å²) in [6.45, 7) is 2.67. The molecule has 140 valence electrons. The van der Waals surface area contributed by atoms with Gasteiger partial charge in [0.1, 0.15) is 18.2 Å². The minimum Gasteiger partial charge on any atom is -0.486 e. The van der Waals surface area contributed by atoms with Crippen molar-refractivity contribution in [3.63, 3.8) is 0 Å². The fourth-order valence-electron chi connectivity index (χ4n) is 3.24. The van der Waals surface area contributed by atoms with E-state index in [9.17, 15) is 4.79 Å². The van der Waals surface area contributed by atoms with Crippen LogP contribution in [-0.2, 0) is 19.6 Å². The molecule has 0 saturated carbocycles. The summed E-state index contributed by atoms with van der Waals surface area (Å²) in [5.41, 5.74) is 3.77. The molecule has 0 bridgehead atoms. The van der Waals surface area contributed by atoms with E-state index >= 15 is 0 Å². The van der Waals surface area contributed by atoms with Crippen LogP contribution in [-0.4, -0.2) is 15.3 Å². The molecule has 0 radical (unpaired) electrons. The molecule has 0 amide bonds. The van der Waals surface area contributed by atoms with E-state index in [2.05, 4.69) is 19.1 Å². The van der Waals surface area contributed by atoms with Crippen molar-refractivity contribution in [2.45, 2.75) is 26.5 Å². The van der Waals surface area contributed by atoms with Gasteiger partial charge in [0.05, 0.1) is 17.6 Å². The molecule has 4 heteroatoms. The first kappa shape index (κ1) is 18.0. The van der Waals surface area contributed by atoms with Gasteiger partial charge in [0.2, 0.25) is 0 Å². The summed E-state index contributed by atoms with van der Waals surface area (Å²) in [6, 6.07) is 25.3. The Morgan fingerprint density at radius 1 is 0.929 bits per heavy atom. The maximum atomic E-state index is 12.8. The van der Waals surface area contributed by atoms with Gasteiger partial charge in [-0.1, -0.05) is 61.5 Å². The Hall–Kier alpha value is -3.40. The first-order valence-corrected chi connectivity index (χ1v) is 9.48. The number of ether oxygens (including phenoxy) is 1. The fraction of sp³-hybridized carbons (Fsp3) is 0.167. The van der Waals surface area contributed by atoms with Crippen LogP contribution in [0.3, 0.4) is 0 Å². The highest BCUT2D eigenvalue weighted by Crippen LogP contribution is 2.20. The number of carbonyl (C=O) groups is 1. The van der Waals surface area contributed by atoms with Crippen molar-refractivity contribution in [3.05, 3.63) is 95.8 Å². The number of imidazole rings is 1. The van der Waals surface area contributed by atoms with Gasteiger partial charge in [0.15, 0.2) is 5.78 Å². The van der Waals surface area contributed by atoms with Crippen molar-refractivity contribution in [3.8, 4) is 5.75 Å². The lowest BCUT2D eigenvalue weighted by Gasteiger charge is -2.10. The number of aromatic nitrogens is 2. The van der Waals surface area contributed by atoms with E-state index in [4.69, 9.17) is 9.72 Å². The van der Waals surface area contributed by atoms with Crippen LogP contribution >= 0.6 is 0 Å². The van der Waals surface area contributed by atoms with E-state index in [0.29, 0.717) is 12.2 Å². The van der Waals surface area contributed by atoms with E-state index in [0.717, 1.165) is 29.0 Å². The number of para-hydroxylation sites is 2.